The summed E-state index contributed by atoms with van der Waals surface area (Å²) in [4.78, 5) is 198. The van der Waals surface area contributed by atoms with Crippen molar-refractivity contribution >= 4 is 93.2 Å². The first-order valence-corrected chi connectivity index (χ1v) is 36.8. The minimum Gasteiger partial charge on any atom is -0.394 e. The van der Waals surface area contributed by atoms with Gasteiger partial charge in [0.15, 0.2) is 5.78 Å². The predicted molar refractivity (Wildman–Crippen MR) is 401 cm³/mol. The monoisotopic (exact) mass is 1480 g/mol. The van der Waals surface area contributed by atoms with E-state index in [0.29, 0.717) is 62.5 Å². The van der Waals surface area contributed by atoms with Crippen molar-refractivity contribution in [1.82, 2.24) is 58.2 Å². The van der Waals surface area contributed by atoms with E-state index < -0.39 is 179 Å². The van der Waals surface area contributed by atoms with Gasteiger partial charge in [-0.1, -0.05) is 114 Å². The molecule has 19 N–H and O–H groups in total. The maximum atomic E-state index is 15.5. The SMILES string of the molecule is CC(=O)N[C@@H](CC(C)C)C(=O)N[C@H](C(=O)N[C@@H](Cc1ccccc1)C(=O)N[C@]1(C)CCCCCC/C=C/CCC[C@@](C)(C(=O)NC(CO)C(=O)N[C@@H](C)C(=O)NC(C)C(N)=O)NC(=O)[C@H](CCC(C)C)CN[C@@H](CCC(N)=O)C(=O)C(=O)C(C)NC(=O)[C@H](Cc2c[nH]c3ccccc23)CC1=O)[C@@H](C)O.CN. The number of Topliss-reactive ketones (excluding diaryl/α,β-unsaturated/α-hetero) is 3. The van der Waals surface area contributed by atoms with Crippen molar-refractivity contribution in [3.05, 3.63) is 84.1 Å². The highest BCUT2D eigenvalue weighted by atomic mass is 16.3. The number of nitrogens with one attached hydrogen (secondary N) is 11. The van der Waals surface area contributed by atoms with Gasteiger partial charge < -0.3 is 85.6 Å². The Hall–Kier alpha value is -9.26. The molecule has 30 heteroatoms. The van der Waals surface area contributed by atoms with Gasteiger partial charge in [-0.15, -0.1) is 0 Å². The first kappa shape index (κ1) is 91.0. The number of allylic oxidation sites excluding steroid dienone is 2. The number of benzene rings is 2. The van der Waals surface area contributed by atoms with Crippen LogP contribution < -0.4 is 70.4 Å². The number of amides is 11. The molecule has 1 aromatic heterocycles. The number of aromatic amines is 1. The number of aliphatic hydroxyl groups excluding tert-OH is 2. The number of hydrogen-bond donors (Lipinski definition) is 16. The van der Waals surface area contributed by atoms with E-state index in [1.807, 2.05) is 58.0 Å². The minimum atomic E-state index is -1.78. The van der Waals surface area contributed by atoms with Gasteiger partial charge in [0.2, 0.25) is 76.5 Å². The van der Waals surface area contributed by atoms with E-state index in [-0.39, 0.29) is 63.3 Å². The van der Waals surface area contributed by atoms with Crippen LogP contribution in [-0.4, -0.2) is 183 Å². The lowest BCUT2D eigenvalue weighted by molar-refractivity contribution is -0.141. The molecule has 1 aliphatic heterocycles. The number of H-pyrrole nitrogens is 1. The fraction of sp³-hybridized carbons (Fsp3) is 0.605. The average Bonchev–Trinajstić information content (AvgIpc) is 1.34. The van der Waals surface area contributed by atoms with Crippen molar-refractivity contribution in [2.75, 3.05) is 20.2 Å². The fourth-order valence-corrected chi connectivity index (χ4v) is 12.2. The number of rotatable bonds is 28. The average molecular weight is 1480 g/mol. The molecule has 0 spiro atoms. The number of aliphatic hydroxyl groups is 2. The number of primary amides is 2. The van der Waals surface area contributed by atoms with Gasteiger partial charge in [0.1, 0.15) is 41.8 Å². The molecule has 3 unspecified atom stereocenters. The van der Waals surface area contributed by atoms with Crippen molar-refractivity contribution in [3.63, 3.8) is 0 Å². The van der Waals surface area contributed by atoms with E-state index in [1.165, 1.54) is 55.5 Å². The van der Waals surface area contributed by atoms with Crippen molar-refractivity contribution in [1.29, 1.82) is 0 Å². The van der Waals surface area contributed by atoms with E-state index in [0.717, 1.165) is 10.9 Å². The summed E-state index contributed by atoms with van der Waals surface area (Å²) in [5.74, 6) is -13.9. The van der Waals surface area contributed by atoms with E-state index in [1.54, 1.807) is 42.6 Å². The van der Waals surface area contributed by atoms with Gasteiger partial charge in [-0.25, -0.2) is 0 Å². The molecule has 0 fully saturated rings. The number of aromatic nitrogens is 1. The first-order valence-electron chi connectivity index (χ1n) is 36.8. The zero-order valence-corrected chi connectivity index (χ0v) is 63.7. The number of fused-ring (bicyclic) bond motifs is 1. The van der Waals surface area contributed by atoms with Crippen LogP contribution in [0.15, 0.2) is 72.9 Å². The molecule has 588 valence electrons. The Morgan fingerprint density at radius 2 is 1.26 bits per heavy atom. The number of para-hydroxylation sites is 1. The van der Waals surface area contributed by atoms with Gasteiger partial charge >= 0.3 is 0 Å². The number of carbonyl (C=O) groups excluding carboxylic acids is 14. The molecular weight excluding hydrogens is 1360 g/mol. The Bertz CT molecular complexity index is 3490. The molecular formula is C76H118N14O16. The summed E-state index contributed by atoms with van der Waals surface area (Å²) >= 11 is 0. The molecule has 0 saturated heterocycles. The van der Waals surface area contributed by atoms with Crippen LogP contribution >= 0.6 is 0 Å². The third-order valence-electron chi connectivity index (χ3n) is 18.7. The van der Waals surface area contributed by atoms with E-state index >= 15 is 14.4 Å². The lowest BCUT2D eigenvalue weighted by Crippen LogP contribution is -2.63. The molecule has 13 atom stereocenters. The molecule has 4 rings (SSSR count). The molecule has 0 saturated carbocycles. The van der Waals surface area contributed by atoms with Crippen LogP contribution in [0.25, 0.3) is 10.9 Å². The molecule has 2 heterocycles. The van der Waals surface area contributed by atoms with Gasteiger partial charge in [-0.3, -0.25) is 67.1 Å². The molecule has 2 aromatic carbocycles. The smallest absolute Gasteiger partial charge is 0.246 e. The number of ketones is 3. The van der Waals surface area contributed by atoms with Gasteiger partial charge in [0.25, 0.3) is 0 Å². The minimum absolute atomic E-state index is 0.0165. The zero-order chi connectivity index (χ0) is 79.6. The Balaban J connectivity index is 0.0000144. The number of carbonyl (C=O) groups is 14. The standard InChI is InChI=1S/C75H113N13O16.CH5N/c1-43(2)30-31-51-40-79-56(32-33-61(76)93)64(95)63(94)45(5)80-67(98)52(38-53-41-78-55-29-23-22-28-54(53)55)39-60(92)74(10,88-71(102)58(37-50-26-20-19-21-27-50)84-72(103)62(48(8)90)86-69(100)57(36-44(3)4)83-49(9)91)34-24-17-15-13-12-14-16-18-25-35-75(11,87-68(51)99)73(104)85-59(42-89)70(101)82-47(7)66(97)81-46(6)65(77)96;1-2/h14,16,19-23,26-29,41,43-48,51-52,56-59,62,78-79,89-90H,12-13,15,17-18,24-25,30-40,42H2,1-11H3,(H2,76,93)(H2,77,96)(H,80,98)(H,81,97)(H,82,101)(H,83,91)(H,84,103)(H,85,104)(H,86,100)(H,87,99)(H,88,102);2H2,1H3/b16-14+;/t45?,46?,47-,48+,51+,52+,56-,57-,58-,59?,62-,74+,75-;/m0./s1. The Morgan fingerprint density at radius 1 is 0.642 bits per heavy atom. The maximum absolute atomic E-state index is 15.5. The predicted octanol–water partition coefficient (Wildman–Crippen LogP) is 1.73. The third-order valence-corrected chi connectivity index (χ3v) is 18.7. The number of hydrogen-bond acceptors (Lipinski definition) is 18. The summed E-state index contributed by atoms with van der Waals surface area (Å²) in [5.41, 5.74) is 13.8. The second-order valence-corrected chi connectivity index (χ2v) is 28.9. The summed E-state index contributed by atoms with van der Waals surface area (Å²) in [7, 11) is 1.50. The molecule has 3 aromatic rings. The van der Waals surface area contributed by atoms with Crippen LogP contribution in [0.1, 0.15) is 184 Å². The van der Waals surface area contributed by atoms with E-state index in [2.05, 4.69) is 63.9 Å². The van der Waals surface area contributed by atoms with Crippen LogP contribution in [-0.2, 0) is 80.0 Å². The molecule has 30 nitrogen and oxygen atoms in total. The highest BCUT2D eigenvalue weighted by Crippen LogP contribution is 2.28. The van der Waals surface area contributed by atoms with Crippen LogP contribution in [0, 0.1) is 23.7 Å². The Morgan fingerprint density at radius 3 is 1.88 bits per heavy atom. The summed E-state index contributed by atoms with van der Waals surface area (Å²) in [6, 6.07) is 4.80. The second kappa shape index (κ2) is 45.3. The van der Waals surface area contributed by atoms with Crippen LogP contribution in [0.5, 0.6) is 0 Å². The quantitative estimate of drug-likeness (QED) is 0.0363. The molecule has 1 aliphatic rings. The fourth-order valence-electron chi connectivity index (χ4n) is 12.2. The molecule has 0 bridgehead atoms. The molecule has 0 aliphatic carbocycles. The molecule has 11 amide bonds. The van der Waals surface area contributed by atoms with Crippen molar-refractivity contribution < 1.29 is 77.3 Å². The zero-order valence-electron chi connectivity index (χ0n) is 63.7. The van der Waals surface area contributed by atoms with Crippen molar-refractivity contribution in [2.45, 2.75) is 251 Å². The topological polar surface area (TPSA) is 494 Å². The molecule has 106 heavy (non-hydrogen) atoms. The lowest BCUT2D eigenvalue weighted by atomic mass is 9.82. The first-order chi connectivity index (χ1) is 50.0. The largest absolute Gasteiger partial charge is 0.394 e. The summed E-state index contributed by atoms with van der Waals surface area (Å²) in [6.45, 7) is 15.7. The third kappa shape index (κ3) is 30.3. The van der Waals surface area contributed by atoms with E-state index in [9.17, 15) is 63.0 Å². The maximum Gasteiger partial charge on any atom is 0.246 e. The van der Waals surface area contributed by atoms with Crippen LogP contribution in [0.3, 0.4) is 0 Å². The normalized spacial score (nSPS) is 22.3. The van der Waals surface area contributed by atoms with Gasteiger partial charge in [-0.05, 0) is 142 Å². The molecule has 0 radical (unpaired) electrons. The van der Waals surface area contributed by atoms with Crippen LogP contribution in [0.2, 0.25) is 0 Å². The highest BCUT2D eigenvalue weighted by molar-refractivity contribution is 6.41. The Kier molecular flexibility index (Phi) is 38.9. The van der Waals surface area contributed by atoms with Crippen molar-refractivity contribution in [3.8, 4) is 0 Å². The summed E-state index contributed by atoms with van der Waals surface area (Å²) in [5, 5.41) is 48.8. The summed E-state index contributed by atoms with van der Waals surface area (Å²) in [6.07, 6.45) is 6.97. The van der Waals surface area contributed by atoms with E-state index in [4.69, 9.17) is 11.5 Å². The number of nitrogens with two attached hydrogens (primary N) is 3. The summed E-state index contributed by atoms with van der Waals surface area (Å²) < 4.78 is 0. The highest BCUT2D eigenvalue weighted by Gasteiger charge is 2.43. The van der Waals surface area contributed by atoms with Gasteiger partial charge in [0, 0.05) is 55.7 Å². The lowest BCUT2D eigenvalue weighted by Gasteiger charge is -2.33. The van der Waals surface area contributed by atoms with Gasteiger partial charge in [0.05, 0.1) is 36.3 Å². The van der Waals surface area contributed by atoms with Crippen molar-refractivity contribution in [2.24, 2.45) is 40.9 Å². The van der Waals surface area contributed by atoms with Crippen LogP contribution in [0.4, 0.5) is 0 Å². The second-order valence-electron chi connectivity index (χ2n) is 28.9. The Labute approximate surface area is 622 Å². The van der Waals surface area contributed by atoms with Gasteiger partial charge in [-0.2, -0.15) is 0 Å².